The molecule has 0 spiro atoms. The molecule has 27 heavy (non-hydrogen) atoms. The molecule has 6 nitrogen and oxygen atoms in total. The summed E-state index contributed by atoms with van der Waals surface area (Å²) in [5.41, 5.74) is 0.952. The fraction of sp³-hybridized carbons (Fsp3) is 0.286. The molecule has 1 fully saturated rings. The summed E-state index contributed by atoms with van der Waals surface area (Å²) in [4.78, 5) is 27.0. The summed E-state index contributed by atoms with van der Waals surface area (Å²) in [6, 6.07) is 14.5. The van der Waals surface area contributed by atoms with E-state index in [0.717, 1.165) is 18.2 Å². The summed E-state index contributed by atoms with van der Waals surface area (Å²) < 4.78 is 1.25. The monoisotopic (exact) mass is 363 g/mol. The maximum Gasteiger partial charge on any atom is 0.275 e. The number of piperidine rings is 1. The molecule has 1 aromatic heterocycles. The van der Waals surface area contributed by atoms with Crippen LogP contribution in [0, 0.1) is 0 Å². The maximum absolute atomic E-state index is 12.6. The number of aromatic hydroxyl groups is 1. The molecule has 0 saturated carbocycles. The van der Waals surface area contributed by atoms with Crippen molar-refractivity contribution in [3.05, 3.63) is 70.6 Å². The standard InChI is InChI=1S/C21H21N3O3/c25-18-7-5-15(6-8-18)16-9-11-23(12-10-16)20(26)14-24-21(27)19-4-2-1-3-17(19)13-22-24/h1-8,13,16,25H,9-12,14H2. The van der Waals surface area contributed by atoms with Crippen LogP contribution in [0.25, 0.3) is 10.8 Å². The van der Waals surface area contributed by atoms with Gasteiger partial charge in [0.15, 0.2) is 0 Å². The first kappa shape index (κ1) is 17.3. The van der Waals surface area contributed by atoms with Gasteiger partial charge in [0, 0.05) is 18.5 Å². The van der Waals surface area contributed by atoms with Crippen molar-refractivity contribution >= 4 is 16.7 Å². The molecule has 1 N–H and O–H groups in total. The lowest BCUT2D eigenvalue weighted by Crippen LogP contribution is -2.41. The van der Waals surface area contributed by atoms with Gasteiger partial charge < -0.3 is 10.0 Å². The Morgan fingerprint density at radius 2 is 1.78 bits per heavy atom. The highest BCUT2D eigenvalue weighted by atomic mass is 16.3. The highest BCUT2D eigenvalue weighted by Gasteiger charge is 2.24. The van der Waals surface area contributed by atoms with Crippen molar-refractivity contribution in [1.82, 2.24) is 14.7 Å². The van der Waals surface area contributed by atoms with Gasteiger partial charge in [-0.15, -0.1) is 0 Å². The topological polar surface area (TPSA) is 75.4 Å². The smallest absolute Gasteiger partial charge is 0.275 e. The van der Waals surface area contributed by atoms with E-state index in [1.54, 1.807) is 29.3 Å². The normalized spacial score (nSPS) is 15.2. The Labute approximate surface area is 156 Å². The van der Waals surface area contributed by atoms with Crippen LogP contribution in [0.2, 0.25) is 0 Å². The van der Waals surface area contributed by atoms with Crippen LogP contribution in [0.4, 0.5) is 0 Å². The Morgan fingerprint density at radius 3 is 2.52 bits per heavy atom. The van der Waals surface area contributed by atoms with Gasteiger partial charge >= 0.3 is 0 Å². The molecular formula is C21H21N3O3. The van der Waals surface area contributed by atoms with Crippen molar-refractivity contribution in [3.8, 4) is 5.75 Å². The largest absolute Gasteiger partial charge is 0.508 e. The van der Waals surface area contributed by atoms with Gasteiger partial charge in [0.05, 0.1) is 11.6 Å². The van der Waals surface area contributed by atoms with E-state index in [4.69, 9.17) is 0 Å². The minimum absolute atomic E-state index is 0.0342. The molecule has 6 heteroatoms. The van der Waals surface area contributed by atoms with Crippen LogP contribution in [0.1, 0.15) is 24.3 Å². The van der Waals surface area contributed by atoms with Gasteiger partial charge in [0.2, 0.25) is 5.91 Å². The second kappa shape index (κ2) is 7.23. The molecule has 0 bridgehead atoms. The molecule has 0 atom stereocenters. The van der Waals surface area contributed by atoms with Crippen molar-refractivity contribution < 1.29 is 9.90 Å². The number of phenols is 1. The SMILES string of the molecule is O=C(Cn1ncc2ccccc2c1=O)N1CCC(c2ccc(O)cc2)CC1. The lowest BCUT2D eigenvalue weighted by molar-refractivity contribution is -0.133. The van der Waals surface area contributed by atoms with E-state index in [2.05, 4.69) is 5.10 Å². The Balaban J connectivity index is 1.42. The number of hydrogen-bond acceptors (Lipinski definition) is 4. The molecule has 4 rings (SSSR count). The maximum atomic E-state index is 12.6. The van der Waals surface area contributed by atoms with E-state index >= 15 is 0 Å². The molecule has 1 aliphatic rings. The van der Waals surface area contributed by atoms with E-state index in [1.807, 2.05) is 30.3 Å². The van der Waals surface area contributed by atoms with Crippen molar-refractivity contribution in [2.24, 2.45) is 0 Å². The zero-order valence-corrected chi connectivity index (χ0v) is 14.9. The first-order valence-electron chi connectivity index (χ1n) is 9.13. The number of hydrogen-bond donors (Lipinski definition) is 1. The summed E-state index contributed by atoms with van der Waals surface area (Å²) >= 11 is 0. The van der Waals surface area contributed by atoms with Crippen LogP contribution in [0.15, 0.2) is 59.5 Å². The van der Waals surface area contributed by atoms with E-state index in [9.17, 15) is 14.7 Å². The van der Waals surface area contributed by atoms with Crippen LogP contribution in [-0.2, 0) is 11.3 Å². The average molecular weight is 363 g/mol. The molecule has 0 radical (unpaired) electrons. The minimum Gasteiger partial charge on any atom is -0.508 e. The first-order valence-corrected chi connectivity index (χ1v) is 9.13. The van der Waals surface area contributed by atoms with Crippen LogP contribution in [0.3, 0.4) is 0 Å². The number of phenolic OH excluding ortho intramolecular Hbond substituents is 1. The van der Waals surface area contributed by atoms with Crippen LogP contribution >= 0.6 is 0 Å². The van der Waals surface area contributed by atoms with Crippen molar-refractivity contribution in [2.45, 2.75) is 25.3 Å². The molecule has 1 amide bonds. The number of fused-ring (bicyclic) bond motifs is 1. The summed E-state index contributed by atoms with van der Waals surface area (Å²) in [5, 5.41) is 14.9. The summed E-state index contributed by atoms with van der Waals surface area (Å²) in [7, 11) is 0. The number of likely N-dealkylation sites (tertiary alicyclic amines) is 1. The van der Waals surface area contributed by atoms with Gasteiger partial charge in [-0.2, -0.15) is 5.10 Å². The zero-order chi connectivity index (χ0) is 18.8. The molecule has 0 aliphatic carbocycles. The average Bonchev–Trinajstić information content (AvgIpc) is 2.71. The molecule has 2 aromatic carbocycles. The van der Waals surface area contributed by atoms with E-state index in [1.165, 1.54) is 10.2 Å². The van der Waals surface area contributed by atoms with Gasteiger partial charge in [-0.1, -0.05) is 30.3 Å². The Morgan fingerprint density at radius 1 is 1.07 bits per heavy atom. The summed E-state index contributed by atoms with van der Waals surface area (Å²) in [5.74, 6) is 0.569. The Hall–Kier alpha value is -3.15. The van der Waals surface area contributed by atoms with Gasteiger partial charge in [0.25, 0.3) is 5.56 Å². The zero-order valence-electron chi connectivity index (χ0n) is 14.9. The van der Waals surface area contributed by atoms with Crippen LogP contribution in [0.5, 0.6) is 5.75 Å². The minimum atomic E-state index is -0.236. The third-order valence-electron chi connectivity index (χ3n) is 5.26. The van der Waals surface area contributed by atoms with E-state index < -0.39 is 0 Å². The van der Waals surface area contributed by atoms with E-state index in [0.29, 0.717) is 24.4 Å². The molecule has 3 aromatic rings. The van der Waals surface area contributed by atoms with E-state index in [-0.39, 0.29) is 23.8 Å². The number of benzene rings is 2. The Bertz CT molecular complexity index is 1020. The van der Waals surface area contributed by atoms with Gasteiger partial charge in [-0.25, -0.2) is 4.68 Å². The van der Waals surface area contributed by atoms with Crippen molar-refractivity contribution in [1.29, 1.82) is 0 Å². The number of carbonyl (C=O) groups excluding carboxylic acids is 1. The number of aromatic nitrogens is 2. The molecule has 0 unspecified atom stereocenters. The number of carbonyl (C=O) groups is 1. The van der Waals surface area contributed by atoms with Crippen LogP contribution in [-0.4, -0.2) is 38.8 Å². The molecule has 2 heterocycles. The summed E-state index contributed by atoms with van der Waals surface area (Å²) in [6.45, 7) is 1.28. The lowest BCUT2D eigenvalue weighted by atomic mass is 9.89. The van der Waals surface area contributed by atoms with Gasteiger partial charge in [-0.05, 0) is 42.5 Å². The van der Waals surface area contributed by atoms with Gasteiger partial charge in [0.1, 0.15) is 12.3 Å². The van der Waals surface area contributed by atoms with Crippen LogP contribution < -0.4 is 5.56 Å². The van der Waals surface area contributed by atoms with Crippen molar-refractivity contribution in [3.63, 3.8) is 0 Å². The molecule has 138 valence electrons. The Kier molecular flexibility index (Phi) is 4.62. The number of amides is 1. The highest BCUT2D eigenvalue weighted by Crippen LogP contribution is 2.29. The molecule has 1 aliphatic heterocycles. The fourth-order valence-corrected chi connectivity index (χ4v) is 3.68. The lowest BCUT2D eigenvalue weighted by Gasteiger charge is -2.32. The highest BCUT2D eigenvalue weighted by molar-refractivity contribution is 5.81. The number of nitrogens with zero attached hydrogens (tertiary/aromatic N) is 3. The second-order valence-electron chi connectivity index (χ2n) is 6.94. The first-order chi connectivity index (χ1) is 13.1. The predicted octanol–water partition coefficient (Wildman–Crippen LogP) is 2.51. The molecular weight excluding hydrogens is 342 g/mol. The molecule has 1 saturated heterocycles. The van der Waals surface area contributed by atoms with Crippen molar-refractivity contribution in [2.75, 3.05) is 13.1 Å². The summed E-state index contributed by atoms with van der Waals surface area (Å²) in [6.07, 6.45) is 3.37. The van der Waals surface area contributed by atoms with Gasteiger partial charge in [-0.3, -0.25) is 9.59 Å². The number of rotatable bonds is 3. The third-order valence-corrected chi connectivity index (χ3v) is 5.26. The third kappa shape index (κ3) is 3.56. The second-order valence-corrected chi connectivity index (χ2v) is 6.94. The predicted molar refractivity (Wildman–Crippen MR) is 103 cm³/mol. The quantitative estimate of drug-likeness (QED) is 0.776. The fourth-order valence-electron chi connectivity index (χ4n) is 3.68.